The van der Waals surface area contributed by atoms with E-state index in [0.717, 1.165) is 0 Å². The molecule has 0 unspecified atom stereocenters. The lowest BCUT2D eigenvalue weighted by molar-refractivity contribution is -0.154. The van der Waals surface area contributed by atoms with Crippen LogP contribution in [0.5, 0.6) is 5.88 Å². The number of alkyl halides is 3. The number of pyridine rings is 1. The summed E-state index contributed by atoms with van der Waals surface area (Å²) in [5.41, 5.74) is 5.19. The second-order valence-electron chi connectivity index (χ2n) is 5.23. The molecule has 2 amide bonds. The molecular weight excluding hydrogens is 315 g/mol. The first-order chi connectivity index (χ1) is 10.8. The van der Waals surface area contributed by atoms with Crippen LogP contribution in [0.3, 0.4) is 0 Å². The summed E-state index contributed by atoms with van der Waals surface area (Å²) in [6.45, 7) is -0.909. The number of carbonyl (C=O) groups excluding carboxylic acids is 2. The minimum Gasteiger partial charge on any atom is -0.467 e. The van der Waals surface area contributed by atoms with Crippen LogP contribution in [-0.4, -0.2) is 47.6 Å². The zero-order valence-electron chi connectivity index (χ0n) is 12.2. The smallest absolute Gasteiger partial charge is 0.422 e. The van der Waals surface area contributed by atoms with E-state index in [0.29, 0.717) is 25.9 Å². The van der Waals surface area contributed by atoms with E-state index in [1.807, 2.05) is 0 Å². The molecular formula is C14H16F3N3O3. The predicted molar refractivity (Wildman–Crippen MR) is 73.6 cm³/mol. The number of halogens is 3. The summed E-state index contributed by atoms with van der Waals surface area (Å²) >= 11 is 0. The number of nitrogens with two attached hydrogens (primary N) is 1. The number of hydrogen-bond donors (Lipinski definition) is 1. The number of carbonyl (C=O) groups is 2. The SMILES string of the molecule is NC(=O)C1CCN(C(=O)c2cccnc2OCC(F)(F)F)CC1. The minimum atomic E-state index is -4.52. The first kappa shape index (κ1) is 17.0. The molecule has 0 spiro atoms. The van der Waals surface area contributed by atoms with Crippen LogP contribution in [0.4, 0.5) is 13.2 Å². The second kappa shape index (κ2) is 6.84. The maximum atomic E-state index is 12.4. The number of nitrogens with zero attached hydrogens (tertiary/aromatic N) is 2. The third kappa shape index (κ3) is 4.57. The van der Waals surface area contributed by atoms with Gasteiger partial charge in [-0.1, -0.05) is 0 Å². The van der Waals surface area contributed by atoms with E-state index in [-0.39, 0.29) is 17.4 Å². The molecule has 1 saturated heterocycles. The van der Waals surface area contributed by atoms with Crippen molar-refractivity contribution in [3.8, 4) is 5.88 Å². The predicted octanol–water partition coefficient (Wildman–Crippen LogP) is 1.36. The zero-order chi connectivity index (χ0) is 17.0. The van der Waals surface area contributed by atoms with E-state index >= 15 is 0 Å². The lowest BCUT2D eigenvalue weighted by Crippen LogP contribution is -2.41. The maximum Gasteiger partial charge on any atom is 0.422 e. The third-order valence-electron chi connectivity index (χ3n) is 3.56. The highest BCUT2D eigenvalue weighted by Crippen LogP contribution is 2.24. The Labute approximate surface area is 130 Å². The average molecular weight is 331 g/mol. The number of hydrogen-bond acceptors (Lipinski definition) is 4. The van der Waals surface area contributed by atoms with Crippen LogP contribution in [0.15, 0.2) is 18.3 Å². The van der Waals surface area contributed by atoms with Crippen LogP contribution >= 0.6 is 0 Å². The standard InChI is InChI=1S/C14H16F3N3O3/c15-14(16,17)8-23-12-10(2-1-5-19-12)13(22)20-6-3-9(4-7-20)11(18)21/h1-2,5,9H,3-4,6-8H2,(H2,18,21). The molecule has 0 saturated carbocycles. The third-order valence-corrected chi connectivity index (χ3v) is 3.56. The molecule has 0 atom stereocenters. The fourth-order valence-corrected chi connectivity index (χ4v) is 2.36. The number of amides is 2. The van der Waals surface area contributed by atoms with E-state index in [1.54, 1.807) is 0 Å². The van der Waals surface area contributed by atoms with E-state index in [9.17, 15) is 22.8 Å². The Hall–Kier alpha value is -2.32. The van der Waals surface area contributed by atoms with Crippen molar-refractivity contribution in [1.29, 1.82) is 0 Å². The topological polar surface area (TPSA) is 85.5 Å². The van der Waals surface area contributed by atoms with Crippen LogP contribution in [0.25, 0.3) is 0 Å². The molecule has 1 aliphatic heterocycles. The Kier molecular flexibility index (Phi) is 5.07. The summed E-state index contributed by atoms with van der Waals surface area (Å²) in [6.07, 6.45) is -2.40. The van der Waals surface area contributed by atoms with Crippen LogP contribution in [0.1, 0.15) is 23.2 Å². The van der Waals surface area contributed by atoms with Crippen molar-refractivity contribution in [2.24, 2.45) is 11.7 Å². The summed E-state index contributed by atoms with van der Waals surface area (Å²) in [4.78, 5) is 28.7. The Morgan fingerprint density at radius 2 is 2.00 bits per heavy atom. The summed E-state index contributed by atoms with van der Waals surface area (Å²) in [5, 5.41) is 0. The number of rotatable bonds is 4. The Balaban J connectivity index is 2.06. The van der Waals surface area contributed by atoms with Crippen molar-refractivity contribution in [2.75, 3.05) is 19.7 Å². The van der Waals surface area contributed by atoms with Gasteiger partial charge in [0.05, 0.1) is 0 Å². The Morgan fingerprint density at radius 3 is 2.57 bits per heavy atom. The number of piperidine rings is 1. The number of primary amides is 1. The summed E-state index contributed by atoms with van der Waals surface area (Å²) < 4.78 is 41.4. The van der Waals surface area contributed by atoms with Crippen LogP contribution in [0.2, 0.25) is 0 Å². The van der Waals surface area contributed by atoms with E-state index in [2.05, 4.69) is 9.72 Å². The molecule has 1 aromatic heterocycles. The fourth-order valence-electron chi connectivity index (χ4n) is 2.36. The fraction of sp³-hybridized carbons (Fsp3) is 0.500. The van der Waals surface area contributed by atoms with E-state index in [4.69, 9.17) is 5.73 Å². The van der Waals surface area contributed by atoms with Gasteiger partial charge in [-0.3, -0.25) is 9.59 Å². The van der Waals surface area contributed by atoms with Gasteiger partial charge in [-0.15, -0.1) is 0 Å². The molecule has 0 aliphatic carbocycles. The second-order valence-corrected chi connectivity index (χ2v) is 5.23. The highest BCUT2D eigenvalue weighted by Gasteiger charge is 2.31. The van der Waals surface area contributed by atoms with Crippen molar-refractivity contribution >= 4 is 11.8 Å². The molecule has 126 valence electrons. The van der Waals surface area contributed by atoms with Gasteiger partial charge in [-0.2, -0.15) is 13.2 Å². The maximum absolute atomic E-state index is 12.4. The largest absolute Gasteiger partial charge is 0.467 e. The molecule has 0 aromatic carbocycles. The van der Waals surface area contributed by atoms with Crippen molar-refractivity contribution in [3.63, 3.8) is 0 Å². The van der Waals surface area contributed by atoms with Crippen LogP contribution < -0.4 is 10.5 Å². The Morgan fingerprint density at radius 1 is 1.35 bits per heavy atom. The van der Waals surface area contributed by atoms with Gasteiger partial charge in [-0.05, 0) is 25.0 Å². The average Bonchev–Trinajstić information content (AvgIpc) is 2.52. The normalized spacial score (nSPS) is 16.2. The molecule has 6 nitrogen and oxygen atoms in total. The minimum absolute atomic E-state index is 0.0331. The molecule has 1 aromatic rings. The molecule has 1 fully saturated rings. The number of aromatic nitrogens is 1. The van der Waals surface area contributed by atoms with Crippen molar-refractivity contribution < 1.29 is 27.5 Å². The summed E-state index contributed by atoms with van der Waals surface area (Å²) in [6, 6.07) is 2.81. The van der Waals surface area contributed by atoms with Crippen LogP contribution in [-0.2, 0) is 4.79 Å². The first-order valence-corrected chi connectivity index (χ1v) is 7.01. The van der Waals surface area contributed by atoms with Crippen LogP contribution in [0, 0.1) is 5.92 Å². The zero-order valence-corrected chi connectivity index (χ0v) is 12.2. The number of ether oxygens (including phenoxy) is 1. The monoisotopic (exact) mass is 331 g/mol. The van der Waals surface area contributed by atoms with Gasteiger partial charge >= 0.3 is 6.18 Å². The van der Waals surface area contributed by atoms with Crippen molar-refractivity contribution in [3.05, 3.63) is 23.9 Å². The lowest BCUT2D eigenvalue weighted by atomic mass is 9.96. The van der Waals surface area contributed by atoms with Crippen molar-refractivity contribution in [2.45, 2.75) is 19.0 Å². The highest BCUT2D eigenvalue weighted by molar-refractivity contribution is 5.96. The van der Waals surface area contributed by atoms with E-state index < -0.39 is 24.6 Å². The number of likely N-dealkylation sites (tertiary alicyclic amines) is 1. The first-order valence-electron chi connectivity index (χ1n) is 7.01. The lowest BCUT2D eigenvalue weighted by Gasteiger charge is -2.30. The van der Waals surface area contributed by atoms with Gasteiger partial charge < -0.3 is 15.4 Å². The summed E-state index contributed by atoms with van der Waals surface area (Å²) in [7, 11) is 0. The summed E-state index contributed by atoms with van der Waals surface area (Å²) in [5.74, 6) is -1.52. The van der Waals surface area contributed by atoms with Crippen molar-refractivity contribution in [1.82, 2.24) is 9.88 Å². The van der Waals surface area contributed by atoms with Gasteiger partial charge in [0.1, 0.15) is 5.56 Å². The van der Waals surface area contributed by atoms with Gasteiger partial charge in [-0.25, -0.2) is 4.98 Å². The molecule has 2 heterocycles. The molecule has 2 rings (SSSR count). The quantitative estimate of drug-likeness (QED) is 0.903. The van der Waals surface area contributed by atoms with Gasteiger partial charge in [0.25, 0.3) is 5.91 Å². The molecule has 1 aliphatic rings. The molecule has 0 radical (unpaired) electrons. The molecule has 9 heteroatoms. The molecule has 23 heavy (non-hydrogen) atoms. The van der Waals surface area contributed by atoms with Gasteiger partial charge in [0.15, 0.2) is 6.61 Å². The molecule has 0 bridgehead atoms. The Bertz CT molecular complexity index is 584. The van der Waals surface area contributed by atoms with Gasteiger partial charge in [0.2, 0.25) is 11.8 Å². The molecule has 2 N–H and O–H groups in total. The van der Waals surface area contributed by atoms with E-state index in [1.165, 1.54) is 23.2 Å². The van der Waals surface area contributed by atoms with Gasteiger partial charge in [0, 0.05) is 25.2 Å². The highest BCUT2D eigenvalue weighted by atomic mass is 19.4.